The normalized spacial score (nSPS) is 17.4. The fraction of sp³-hybridized carbons (Fsp3) is 0.316. The molecule has 1 amide bonds. The lowest BCUT2D eigenvalue weighted by Crippen LogP contribution is -2.35. The van der Waals surface area contributed by atoms with Gasteiger partial charge in [0.25, 0.3) is 0 Å². The maximum atomic E-state index is 12.2. The van der Waals surface area contributed by atoms with E-state index >= 15 is 0 Å². The van der Waals surface area contributed by atoms with Crippen molar-refractivity contribution in [2.24, 2.45) is 0 Å². The second-order valence-corrected chi connectivity index (χ2v) is 8.28. The molecule has 2 aromatic rings. The molecular formula is C19H22N2O4S. The quantitative estimate of drug-likeness (QED) is 0.844. The Hall–Kier alpha value is -2.38. The van der Waals surface area contributed by atoms with Gasteiger partial charge >= 0.3 is 6.09 Å². The zero-order valence-electron chi connectivity index (χ0n) is 14.8. The van der Waals surface area contributed by atoms with Gasteiger partial charge in [0.1, 0.15) is 6.10 Å². The third-order valence-corrected chi connectivity index (χ3v) is 5.73. The topological polar surface area (TPSA) is 75.7 Å². The van der Waals surface area contributed by atoms with E-state index in [0.29, 0.717) is 12.1 Å². The first-order chi connectivity index (χ1) is 12.3. The number of carbonyl (C=O) groups excluding carboxylic acids is 1. The maximum absolute atomic E-state index is 12.2. The predicted molar refractivity (Wildman–Crippen MR) is 101 cm³/mol. The molecule has 0 aliphatic carbocycles. The van der Waals surface area contributed by atoms with E-state index in [1.807, 2.05) is 38.1 Å². The second kappa shape index (κ2) is 7.47. The predicted octanol–water partition coefficient (Wildman–Crippen LogP) is 2.75. The van der Waals surface area contributed by atoms with Crippen LogP contribution < -0.4 is 9.62 Å². The van der Waals surface area contributed by atoms with Crippen molar-refractivity contribution in [2.45, 2.75) is 25.7 Å². The molecule has 0 saturated carbocycles. The number of cyclic esters (lactones) is 1. The minimum absolute atomic E-state index is 0.0578. The first-order valence-electron chi connectivity index (χ1n) is 8.41. The fourth-order valence-corrected chi connectivity index (χ4v) is 3.97. The third kappa shape index (κ3) is 4.42. The van der Waals surface area contributed by atoms with Gasteiger partial charge in [-0.05, 0) is 42.7 Å². The van der Waals surface area contributed by atoms with Gasteiger partial charge in [0.2, 0.25) is 10.0 Å². The average Bonchev–Trinajstić information content (AvgIpc) is 2.97. The van der Waals surface area contributed by atoms with Gasteiger partial charge in [-0.25, -0.2) is 17.9 Å². The van der Waals surface area contributed by atoms with Gasteiger partial charge in [-0.2, -0.15) is 0 Å². The molecule has 1 fully saturated rings. The Morgan fingerprint density at radius 2 is 1.85 bits per heavy atom. The Kier molecular flexibility index (Phi) is 5.29. The lowest BCUT2D eigenvalue weighted by atomic mass is 10.1. The summed E-state index contributed by atoms with van der Waals surface area (Å²) in [5.41, 5.74) is 3.70. The Morgan fingerprint density at radius 3 is 2.54 bits per heavy atom. The number of ether oxygens (including phenoxy) is 1. The van der Waals surface area contributed by atoms with Crippen LogP contribution in [0.5, 0.6) is 0 Å². The van der Waals surface area contributed by atoms with Crippen molar-refractivity contribution in [3.63, 3.8) is 0 Å². The van der Waals surface area contributed by atoms with Crippen LogP contribution in [0.4, 0.5) is 10.5 Å². The van der Waals surface area contributed by atoms with E-state index < -0.39 is 22.2 Å². The van der Waals surface area contributed by atoms with Crippen LogP contribution >= 0.6 is 0 Å². The standard InChI is InChI=1S/C19H22N2O4S/c1-14-8-9-17(10-15(14)2)21-12-18(25-19(21)22)11-20-26(23,24)13-16-6-4-3-5-7-16/h3-10,18,20H,11-13H2,1-2H3. The van der Waals surface area contributed by atoms with Crippen molar-refractivity contribution < 1.29 is 17.9 Å². The second-order valence-electron chi connectivity index (χ2n) is 6.48. The monoisotopic (exact) mass is 374 g/mol. The molecule has 1 N–H and O–H groups in total. The number of benzene rings is 2. The zero-order chi connectivity index (χ0) is 18.7. The van der Waals surface area contributed by atoms with E-state index in [0.717, 1.165) is 16.8 Å². The van der Waals surface area contributed by atoms with Gasteiger partial charge in [0.15, 0.2) is 0 Å². The number of amides is 1. The molecular weight excluding hydrogens is 352 g/mol. The summed E-state index contributed by atoms with van der Waals surface area (Å²) in [6.45, 7) is 4.36. The SMILES string of the molecule is Cc1ccc(N2CC(CNS(=O)(=O)Cc3ccccc3)OC2=O)cc1C. The van der Waals surface area contributed by atoms with Crippen LogP contribution in [0, 0.1) is 13.8 Å². The summed E-state index contributed by atoms with van der Waals surface area (Å²) >= 11 is 0. The van der Waals surface area contributed by atoms with Crippen LogP contribution in [0.1, 0.15) is 16.7 Å². The summed E-state index contributed by atoms with van der Waals surface area (Å²) in [4.78, 5) is 13.7. The van der Waals surface area contributed by atoms with Crippen molar-refractivity contribution in [1.82, 2.24) is 4.72 Å². The molecule has 138 valence electrons. The van der Waals surface area contributed by atoms with Gasteiger partial charge in [0, 0.05) is 12.2 Å². The number of anilines is 1. The lowest BCUT2D eigenvalue weighted by Gasteiger charge is -2.14. The number of hydrogen-bond donors (Lipinski definition) is 1. The van der Waals surface area contributed by atoms with Crippen LogP contribution in [0.2, 0.25) is 0 Å². The highest BCUT2D eigenvalue weighted by Crippen LogP contribution is 2.24. The highest BCUT2D eigenvalue weighted by molar-refractivity contribution is 7.88. The number of nitrogens with one attached hydrogen (secondary N) is 1. The highest BCUT2D eigenvalue weighted by atomic mass is 32.2. The zero-order valence-corrected chi connectivity index (χ0v) is 15.6. The molecule has 1 aliphatic rings. The third-order valence-electron chi connectivity index (χ3n) is 4.41. The molecule has 1 heterocycles. The summed E-state index contributed by atoms with van der Waals surface area (Å²) in [6, 6.07) is 14.7. The smallest absolute Gasteiger partial charge is 0.414 e. The molecule has 0 spiro atoms. The molecule has 26 heavy (non-hydrogen) atoms. The van der Waals surface area contributed by atoms with Crippen LogP contribution in [-0.4, -0.2) is 33.7 Å². The largest absolute Gasteiger partial charge is 0.443 e. The summed E-state index contributed by atoms with van der Waals surface area (Å²) in [5.74, 6) is -0.102. The summed E-state index contributed by atoms with van der Waals surface area (Å²) in [5, 5.41) is 0. The molecule has 1 atom stereocenters. The van der Waals surface area contributed by atoms with E-state index in [-0.39, 0.29) is 12.3 Å². The van der Waals surface area contributed by atoms with Crippen LogP contribution in [0.25, 0.3) is 0 Å². The Balaban J connectivity index is 1.59. The van der Waals surface area contributed by atoms with E-state index in [4.69, 9.17) is 4.74 Å². The van der Waals surface area contributed by atoms with E-state index in [2.05, 4.69) is 4.72 Å². The summed E-state index contributed by atoms with van der Waals surface area (Å²) in [6.07, 6.45) is -0.977. The van der Waals surface area contributed by atoms with Crippen molar-refractivity contribution in [3.8, 4) is 0 Å². The minimum Gasteiger partial charge on any atom is -0.443 e. The number of sulfonamides is 1. The first-order valence-corrected chi connectivity index (χ1v) is 10.1. The Bertz CT molecular complexity index is 897. The number of nitrogens with zero attached hydrogens (tertiary/aromatic N) is 1. The number of rotatable bonds is 6. The van der Waals surface area contributed by atoms with Gasteiger partial charge in [0.05, 0.1) is 12.3 Å². The van der Waals surface area contributed by atoms with Gasteiger partial charge in [-0.1, -0.05) is 36.4 Å². The molecule has 7 heteroatoms. The molecule has 3 rings (SSSR count). The Labute approximate surface area is 153 Å². The molecule has 1 unspecified atom stereocenters. The molecule has 1 aliphatic heterocycles. The summed E-state index contributed by atoms with van der Waals surface area (Å²) < 4.78 is 32.2. The maximum Gasteiger partial charge on any atom is 0.414 e. The number of hydrogen-bond acceptors (Lipinski definition) is 4. The Morgan fingerprint density at radius 1 is 1.12 bits per heavy atom. The molecule has 0 bridgehead atoms. The minimum atomic E-state index is -3.49. The van der Waals surface area contributed by atoms with Crippen LogP contribution in [0.15, 0.2) is 48.5 Å². The number of carbonyl (C=O) groups is 1. The molecule has 0 aromatic heterocycles. The van der Waals surface area contributed by atoms with Crippen molar-refractivity contribution >= 4 is 21.8 Å². The van der Waals surface area contributed by atoms with Gasteiger partial charge in [-0.15, -0.1) is 0 Å². The first kappa shape index (κ1) is 18.4. The molecule has 2 aromatic carbocycles. The molecule has 1 saturated heterocycles. The van der Waals surface area contributed by atoms with E-state index in [1.54, 1.807) is 24.3 Å². The molecule has 6 nitrogen and oxygen atoms in total. The lowest BCUT2D eigenvalue weighted by molar-refractivity contribution is 0.143. The van der Waals surface area contributed by atoms with Gasteiger partial charge < -0.3 is 4.74 Å². The summed E-state index contributed by atoms with van der Waals surface area (Å²) in [7, 11) is -3.49. The fourth-order valence-electron chi connectivity index (χ4n) is 2.80. The van der Waals surface area contributed by atoms with Crippen molar-refractivity contribution in [3.05, 3.63) is 65.2 Å². The number of aryl methyl sites for hydroxylation is 2. The van der Waals surface area contributed by atoms with Crippen LogP contribution in [0.3, 0.4) is 0 Å². The van der Waals surface area contributed by atoms with Crippen molar-refractivity contribution in [2.75, 3.05) is 18.0 Å². The average molecular weight is 374 g/mol. The van der Waals surface area contributed by atoms with Crippen LogP contribution in [-0.2, 0) is 20.5 Å². The highest BCUT2D eigenvalue weighted by Gasteiger charge is 2.33. The molecule has 0 radical (unpaired) electrons. The van der Waals surface area contributed by atoms with Crippen molar-refractivity contribution in [1.29, 1.82) is 0 Å². The van der Waals surface area contributed by atoms with Gasteiger partial charge in [-0.3, -0.25) is 4.90 Å². The van der Waals surface area contributed by atoms with E-state index in [9.17, 15) is 13.2 Å². The van der Waals surface area contributed by atoms with E-state index in [1.165, 1.54) is 4.90 Å².